The van der Waals surface area contributed by atoms with Crippen LogP contribution in [0.5, 0.6) is 0 Å². The van der Waals surface area contributed by atoms with E-state index in [9.17, 15) is 69.0 Å². The standard InChI is InChI=1S/2C6H8O7.2C6H12O6.6Na/c2*7-3(8)1-6(13,5(11)12)2-4(9)10;2*7-1-3(9)5(11)6(12)4(10)2-8;;;;;;/h2*13H,1-2H2,(H,7,8)(H,9,10)(H,11,12);2*1,3-6,8-12H,2H2;;;;;;/q;;;;6*+1/p-6. The first-order valence-electron chi connectivity index (χ1n) is 12.9. The first kappa shape index (κ1) is 81.5. The topological polar surface area (TPSA) is 518 Å². The van der Waals surface area contributed by atoms with E-state index in [4.69, 9.17) is 61.3 Å². The minimum absolute atomic E-state index is 0. The van der Waals surface area contributed by atoms with Gasteiger partial charge in [0.2, 0.25) is 0 Å². The van der Waals surface area contributed by atoms with Crippen molar-refractivity contribution in [3.8, 4) is 0 Å². The molecule has 0 radical (unpaired) electrons. The van der Waals surface area contributed by atoms with Gasteiger partial charge >= 0.3 is 177 Å². The van der Waals surface area contributed by atoms with Gasteiger partial charge in [-0.1, -0.05) is 0 Å². The summed E-state index contributed by atoms with van der Waals surface area (Å²) < 4.78 is 0. The molecule has 0 aromatic heterocycles. The first-order valence-corrected chi connectivity index (χ1v) is 12.9. The van der Waals surface area contributed by atoms with Crippen LogP contribution in [-0.4, -0.2) is 183 Å². The number of carboxylic acid groups (broad SMARTS) is 6. The van der Waals surface area contributed by atoms with Crippen molar-refractivity contribution in [1.82, 2.24) is 0 Å². The minimum atomic E-state index is -2.97. The van der Waals surface area contributed by atoms with Gasteiger partial charge in [-0.05, 0) is 0 Å². The van der Waals surface area contributed by atoms with Crippen LogP contribution in [0.25, 0.3) is 0 Å². The van der Waals surface area contributed by atoms with E-state index in [0.717, 1.165) is 0 Å². The first-order chi connectivity index (χ1) is 22.6. The Bertz CT molecular complexity index is 1000. The van der Waals surface area contributed by atoms with Gasteiger partial charge in [-0.2, -0.15) is 0 Å². The van der Waals surface area contributed by atoms with E-state index in [1.807, 2.05) is 0 Å². The van der Waals surface area contributed by atoms with Crippen molar-refractivity contribution in [1.29, 1.82) is 0 Å². The number of carbonyl (C=O) groups excluding carboxylic acids is 8. The second-order valence-electron chi connectivity index (χ2n) is 9.55. The maximum Gasteiger partial charge on any atom is 1.00 e. The molecule has 0 aliphatic heterocycles. The molecule has 0 amide bonds. The molecule has 0 rings (SSSR count). The predicted octanol–water partition coefficient (Wildman–Crippen LogP) is -35.2. The SMILES string of the molecule is O=C([O-])CC(O)(CC(=O)[O-])C(=O)[O-].O=C([O-])CC(O)(CC(=O)[O-])C(=O)[O-].O=CC(O)C(O)C(O)C(O)CO.O=CC(O)C(O)C(O)C(O)CO.[Na+].[Na+].[Na+].[Na+].[Na+].[Na+]. The maximum atomic E-state index is 10.1. The fourth-order valence-electron chi connectivity index (χ4n) is 2.61. The summed E-state index contributed by atoms with van der Waals surface area (Å²) in [5.74, 6) is -12.0. The number of aldehydes is 2. The number of aliphatic hydroxyl groups is 12. The molecule has 292 valence electrons. The molecule has 8 atom stereocenters. The smallest absolute Gasteiger partial charge is 0.550 e. The van der Waals surface area contributed by atoms with Crippen LogP contribution in [-0.2, 0) is 38.4 Å². The zero-order valence-corrected chi connectivity index (χ0v) is 43.1. The summed E-state index contributed by atoms with van der Waals surface area (Å²) in [5.41, 5.74) is -5.95. The Balaban J connectivity index is -0.0000000608. The molecule has 32 heteroatoms. The van der Waals surface area contributed by atoms with Gasteiger partial charge < -0.3 is 130 Å². The van der Waals surface area contributed by atoms with Gasteiger partial charge in [0.05, 0.1) is 25.2 Å². The molecule has 26 nitrogen and oxygen atoms in total. The molecule has 0 aliphatic rings. The molecule has 0 spiro atoms. The van der Waals surface area contributed by atoms with Crippen molar-refractivity contribution >= 4 is 48.4 Å². The van der Waals surface area contributed by atoms with Crippen molar-refractivity contribution in [2.45, 2.75) is 85.7 Å². The average Bonchev–Trinajstić information content (AvgIpc) is 3.00. The van der Waals surface area contributed by atoms with E-state index in [1.165, 1.54) is 0 Å². The molecule has 8 unspecified atom stereocenters. The zero-order valence-electron chi connectivity index (χ0n) is 31.1. The molecule has 0 aromatic rings. The van der Waals surface area contributed by atoms with Gasteiger partial charge in [-0.3, -0.25) is 0 Å². The Morgan fingerprint density at radius 1 is 0.429 bits per heavy atom. The Morgan fingerprint density at radius 3 is 0.714 bits per heavy atom. The molecule has 0 bridgehead atoms. The number of hydrogen-bond donors (Lipinski definition) is 12. The molecule has 0 aromatic carbocycles. The Labute approximate surface area is 448 Å². The molecule has 56 heavy (non-hydrogen) atoms. The fraction of sp³-hybridized carbons (Fsp3) is 0.667. The molecule has 0 fully saturated rings. The van der Waals surface area contributed by atoms with Crippen LogP contribution < -0.4 is 208 Å². The molecular weight excluding hydrogens is 842 g/mol. The zero-order chi connectivity index (χ0) is 40.7. The van der Waals surface area contributed by atoms with Crippen molar-refractivity contribution < 1.29 is 308 Å². The summed E-state index contributed by atoms with van der Waals surface area (Å²) in [5, 5.41) is 165. The summed E-state index contributed by atoms with van der Waals surface area (Å²) in [6.07, 6.45) is -19.1. The fourth-order valence-corrected chi connectivity index (χ4v) is 2.61. The minimum Gasteiger partial charge on any atom is -0.550 e. The van der Waals surface area contributed by atoms with E-state index < -0.39 is 135 Å². The van der Waals surface area contributed by atoms with Crippen LogP contribution in [0.4, 0.5) is 0 Å². The second-order valence-corrected chi connectivity index (χ2v) is 9.55. The quantitative estimate of drug-likeness (QED) is 0.0399. The summed E-state index contributed by atoms with van der Waals surface area (Å²) in [7, 11) is 0. The Hall–Kier alpha value is 1.68. The summed E-state index contributed by atoms with van der Waals surface area (Å²) in [6, 6.07) is 0. The van der Waals surface area contributed by atoms with E-state index in [1.54, 1.807) is 0 Å². The normalized spacial score (nSPS) is 14.1. The van der Waals surface area contributed by atoms with Gasteiger partial charge in [0.1, 0.15) is 60.0 Å². The van der Waals surface area contributed by atoms with E-state index in [0.29, 0.717) is 0 Å². The van der Waals surface area contributed by atoms with E-state index in [-0.39, 0.29) is 190 Å². The van der Waals surface area contributed by atoms with Crippen LogP contribution in [0.2, 0.25) is 0 Å². The third-order valence-corrected chi connectivity index (χ3v) is 5.35. The average molecular weight is 876 g/mol. The Morgan fingerprint density at radius 2 is 0.607 bits per heavy atom. The maximum absolute atomic E-state index is 10.1. The summed E-state index contributed by atoms with van der Waals surface area (Å²) in [6.45, 7) is -1.52. The number of aliphatic carboxylic acids is 6. The monoisotopic (exact) mass is 876 g/mol. The van der Waals surface area contributed by atoms with Crippen molar-refractivity contribution in [2.75, 3.05) is 13.2 Å². The number of hydrogen-bond acceptors (Lipinski definition) is 26. The van der Waals surface area contributed by atoms with Crippen molar-refractivity contribution in [2.24, 2.45) is 0 Å². The molecule has 0 heterocycles. The van der Waals surface area contributed by atoms with Gasteiger partial charge in [-0.25, -0.2) is 0 Å². The predicted molar refractivity (Wildman–Crippen MR) is 133 cm³/mol. The van der Waals surface area contributed by atoms with Crippen molar-refractivity contribution in [3.05, 3.63) is 0 Å². The van der Waals surface area contributed by atoms with Crippen LogP contribution in [0.15, 0.2) is 0 Å². The number of rotatable bonds is 20. The molecule has 0 aliphatic carbocycles. The van der Waals surface area contributed by atoms with Crippen LogP contribution in [0.3, 0.4) is 0 Å². The summed E-state index contributed by atoms with van der Waals surface area (Å²) in [4.78, 5) is 79.8. The van der Waals surface area contributed by atoms with Gasteiger partial charge in [-0.15, -0.1) is 0 Å². The molecule has 12 N–H and O–H groups in total. The second kappa shape index (κ2) is 43.3. The largest absolute Gasteiger partial charge is 1.00 e. The third-order valence-electron chi connectivity index (χ3n) is 5.35. The summed E-state index contributed by atoms with van der Waals surface area (Å²) >= 11 is 0. The van der Waals surface area contributed by atoms with Crippen LogP contribution in [0, 0.1) is 0 Å². The van der Waals surface area contributed by atoms with Crippen LogP contribution >= 0.6 is 0 Å². The molecular formula is C24H34Na6O26. The number of carbonyl (C=O) groups is 8. The van der Waals surface area contributed by atoms with Crippen LogP contribution in [0.1, 0.15) is 25.7 Å². The molecule has 0 saturated heterocycles. The van der Waals surface area contributed by atoms with Crippen molar-refractivity contribution in [3.63, 3.8) is 0 Å². The third kappa shape index (κ3) is 38.6. The Kier molecular flexibility index (Phi) is 63.1. The van der Waals surface area contributed by atoms with Gasteiger partial charge in [0.15, 0.2) is 12.6 Å². The van der Waals surface area contributed by atoms with Gasteiger partial charge in [0, 0.05) is 49.6 Å². The number of carboxylic acids is 6. The number of aliphatic hydroxyl groups excluding tert-OH is 10. The van der Waals surface area contributed by atoms with E-state index >= 15 is 0 Å². The van der Waals surface area contributed by atoms with Gasteiger partial charge in [0.25, 0.3) is 0 Å². The molecule has 0 saturated carbocycles. The van der Waals surface area contributed by atoms with E-state index in [2.05, 4.69) is 0 Å².